The molecule has 0 amide bonds. The lowest BCUT2D eigenvalue weighted by Crippen LogP contribution is -2.50. The van der Waals surface area contributed by atoms with Gasteiger partial charge in [-0.05, 0) is 39.8 Å². The third kappa shape index (κ3) is 4.49. The van der Waals surface area contributed by atoms with Crippen molar-refractivity contribution in [3.63, 3.8) is 0 Å². The van der Waals surface area contributed by atoms with Crippen molar-refractivity contribution in [2.24, 2.45) is 0 Å². The average Bonchev–Trinajstić information content (AvgIpc) is 2.96. The third-order valence-electron chi connectivity index (χ3n) is 3.17. The first kappa shape index (κ1) is 12.9. The maximum Gasteiger partial charge on any atom is 0.0611 e. The van der Waals surface area contributed by atoms with E-state index in [0.717, 1.165) is 19.0 Å². The quantitative estimate of drug-likeness (QED) is 0.669. The Morgan fingerprint density at radius 1 is 1.47 bits per heavy atom. The number of nitrogens with zero attached hydrogens (tertiary/aromatic N) is 1. The monoisotopic (exact) mass is 214 g/mol. The van der Waals surface area contributed by atoms with E-state index in [2.05, 4.69) is 38.0 Å². The molecule has 15 heavy (non-hydrogen) atoms. The maximum atomic E-state index is 9.42. The smallest absolute Gasteiger partial charge is 0.0611 e. The molecule has 0 saturated heterocycles. The zero-order valence-electron chi connectivity index (χ0n) is 10.6. The fourth-order valence-electron chi connectivity index (χ4n) is 2.01. The van der Waals surface area contributed by atoms with Gasteiger partial charge in [0, 0.05) is 17.6 Å². The van der Waals surface area contributed by atoms with E-state index in [-0.39, 0.29) is 12.1 Å². The van der Waals surface area contributed by atoms with E-state index >= 15 is 0 Å². The Morgan fingerprint density at radius 3 is 2.47 bits per heavy atom. The molecule has 1 rings (SSSR count). The van der Waals surface area contributed by atoms with E-state index in [0.29, 0.717) is 6.04 Å². The van der Waals surface area contributed by atoms with Crippen molar-refractivity contribution in [2.75, 3.05) is 20.2 Å². The van der Waals surface area contributed by atoms with Crippen LogP contribution in [0.2, 0.25) is 0 Å². The molecule has 0 aromatic carbocycles. The molecule has 0 spiro atoms. The van der Waals surface area contributed by atoms with Gasteiger partial charge >= 0.3 is 0 Å². The van der Waals surface area contributed by atoms with Crippen LogP contribution < -0.4 is 5.32 Å². The molecule has 0 bridgehead atoms. The Kier molecular flexibility index (Phi) is 4.56. The zero-order chi connectivity index (χ0) is 11.5. The molecule has 0 aromatic rings. The highest BCUT2D eigenvalue weighted by molar-refractivity contribution is 4.88. The number of hydrogen-bond donors (Lipinski definition) is 2. The molecule has 3 nitrogen and oxygen atoms in total. The van der Waals surface area contributed by atoms with Gasteiger partial charge in [0.15, 0.2) is 0 Å². The van der Waals surface area contributed by atoms with Gasteiger partial charge in [-0.1, -0.05) is 13.8 Å². The van der Waals surface area contributed by atoms with Gasteiger partial charge < -0.3 is 15.3 Å². The normalized spacial score (nSPS) is 21.0. The van der Waals surface area contributed by atoms with Crippen molar-refractivity contribution in [3.05, 3.63) is 0 Å². The first-order valence-electron chi connectivity index (χ1n) is 6.05. The fraction of sp³-hybridized carbons (Fsp3) is 1.00. The molecule has 1 atom stereocenters. The van der Waals surface area contributed by atoms with Crippen molar-refractivity contribution in [1.29, 1.82) is 0 Å². The molecule has 1 saturated carbocycles. The Morgan fingerprint density at radius 2 is 2.07 bits per heavy atom. The summed E-state index contributed by atoms with van der Waals surface area (Å²) in [6.07, 6.45) is 3.71. The van der Waals surface area contributed by atoms with Gasteiger partial charge in [0.05, 0.1) is 6.61 Å². The molecule has 3 heteroatoms. The van der Waals surface area contributed by atoms with Crippen LogP contribution in [-0.2, 0) is 0 Å². The van der Waals surface area contributed by atoms with Gasteiger partial charge in [-0.2, -0.15) is 0 Å². The minimum atomic E-state index is -0.128. The van der Waals surface area contributed by atoms with E-state index in [4.69, 9.17) is 0 Å². The SMILES string of the molecule is CC(C)NC(C)(CO)CCN(C)C1CC1. The van der Waals surface area contributed by atoms with Crippen molar-refractivity contribution < 1.29 is 5.11 Å². The van der Waals surface area contributed by atoms with Gasteiger partial charge in [0.1, 0.15) is 0 Å². The van der Waals surface area contributed by atoms with E-state index in [9.17, 15) is 5.11 Å². The third-order valence-corrected chi connectivity index (χ3v) is 3.17. The topological polar surface area (TPSA) is 35.5 Å². The largest absolute Gasteiger partial charge is 0.394 e. The first-order chi connectivity index (χ1) is 6.97. The summed E-state index contributed by atoms with van der Waals surface area (Å²) >= 11 is 0. The maximum absolute atomic E-state index is 9.42. The molecule has 1 fully saturated rings. The predicted molar refractivity (Wildman–Crippen MR) is 64.0 cm³/mol. The number of nitrogens with one attached hydrogen (secondary N) is 1. The van der Waals surface area contributed by atoms with Crippen molar-refractivity contribution in [3.8, 4) is 0 Å². The highest BCUT2D eigenvalue weighted by Gasteiger charge is 2.29. The summed E-state index contributed by atoms with van der Waals surface area (Å²) in [5.74, 6) is 0. The molecule has 1 unspecified atom stereocenters. The van der Waals surface area contributed by atoms with Gasteiger partial charge in [0.25, 0.3) is 0 Å². The predicted octanol–water partition coefficient (Wildman–Crippen LogP) is 1.22. The summed E-state index contributed by atoms with van der Waals surface area (Å²) < 4.78 is 0. The lowest BCUT2D eigenvalue weighted by Gasteiger charge is -2.33. The summed E-state index contributed by atoms with van der Waals surface area (Å²) in [5, 5.41) is 12.9. The minimum absolute atomic E-state index is 0.128. The van der Waals surface area contributed by atoms with Crippen LogP contribution in [0.4, 0.5) is 0 Å². The van der Waals surface area contributed by atoms with Crippen LogP contribution in [0.3, 0.4) is 0 Å². The van der Waals surface area contributed by atoms with E-state index in [1.807, 2.05) is 0 Å². The number of aliphatic hydroxyl groups is 1. The summed E-state index contributed by atoms with van der Waals surface area (Å²) in [6, 6.07) is 1.24. The zero-order valence-corrected chi connectivity index (χ0v) is 10.6. The molecule has 1 aliphatic rings. The second-order valence-electron chi connectivity index (χ2n) is 5.48. The molecule has 0 aromatic heterocycles. The van der Waals surface area contributed by atoms with Crippen LogP contribution >= 0.6 is 0 Å². The van der Waals surface area contributed by atoms with Crippen LogP contribution in [0.25, 0.3) is 0 Å². The van der Waals surface area contributed by atoms with Crippen LogP contribution in [0, 0.1) is 0 Å². The Balaban J connectivity index is 2.30. The lowest BCUT2D eigenvalue weighted by atomic mass is 9.97. The van der Waals surface area contributed by atoms with Crippen molar-refractivity contribution in [1.82, 2.24) is 10.2 Å². The number of aliphatic hydroxyl groups excluding tert-OH is 1. The first-order valence-corrected chi connectivity index (χ1v) is 6.05. The Hall–Kier alpha value is -0.120. The summed E-state index contributed by atoms with van der Waals surface area (Å²) in [4.78, 5) is 2.41. The van der Waals surface area contributed by atoms with Crippen LogP contribution in [0.5, 0.6) is 0 Å². The average molecular weight is 214 g/mol. The van der Waals surface area contributed by atoms with Gasteiger partial charge in [-0.3, -0.25) is 0 Å². The molecular formula is C12H26N2O. The van der Waals surface area contributed by atoms with Crippen LogP contribution in [-0.4, -0.2) is 47.8 Å². The highest BCUT2D eigenvalue weighted by atomic mass is 16.3. The molecule has 0 aliphatic heterocycles. The van der Waals surface area contributed by atoms with Crippen molar-refractivity contribution in [2.45, 2.75) is 57.7 Å². The molecule has 2 N–H and O–H groups in total. The van der Waals surface area contributed by atoms with Gasteiger partial charge in [-0.25, -0.2) is 0 Å². The second-order valence-corrected chi connectivity index (χ2v) is 5.48. The van der Waals surface area contributed by atoms with E-state index in [1.165, 1.54) is 12.8 Å². The number of hydrogen-bond acceptors (Lipinski definition) is 3. The van der Waals surface area contributed by atoms with Crippen LogP contribution in [0.15, 0.2) is 0 Å². The molecule has 0 heterocycles. The standard InChI is InChI=1S/C12H26N2O/c1-10(2)13-12(3,9-15)7-8-14(4)11-5-6-11/h10-11,13,15H,5-9H2,1-4H3. The summed E-state index contributed by atoms with van der Waals surface area (Å²) in [5.41, 5.74) is -0.128. The molecule has 0 radical (unpaired) electrons. The highest BCUT2D eigenvalue weighted by Crippen LogP contribution is 2.26. The number of rotatable bonds is 7. The Labute approximate surface area is 93.9 Å². The minimum Gasteiger partial charge on any atom is -0.394 e. The van der Waals surface area contributed by atoms with Gasteiger partial charge in [-0.15, -0.1) is 0 Å². The summed E-state index contributed by atoms with van der Waals surface area (Å²) in [6.45, 7) is 7.63. The molecule has 1 aliphatic carbocycles. The van der Waals surface area contributed by atoms with Gasteiger partial charge in [0.2, 0.25) is 0 Å². The van der Waals surface area contributed by atoms with E-state index < -0.39 is 0 Å². The summed E-state index contributed by atoms with van der Waals surface area (Å²) in [7, 11) is 2.19. The van der Waals surface area contributed by atoms with Crippen LogP contribution in [0.1, 0.15) is 40.0 Å². The lowest BCUT2D eigenvalue weighted by molar-refractivity contribution is 0.142. The molecular weight excluding hydrogens is 188 g/mol. The van der Waals surface area contributed by atoms with E-state index in [1.54, 1.807) is 0 Å². The molecule has 90 valence electrons. The fourth-order valence-corrected chi connectivity index (χ4v) is 2.01. The Bertz CT molecular complexity index is 192. The van der Waals surface area contributed by atoms with Crippen molar-refractivity contribution >= 4 is 0 Å². The second kappa shape index (κ2) is 5.28.